The molecule has 0 N–H and O–H groups in total. The van der Waals surface area contributed by atoms with Crippen LogP contribution in [-0.2, 0) is 10.9 Å². The first-order chi connectivity index (χ1) is 16.7. The molecule has 9 nitrogen and oxygen atoms in total. The average Bonchev–Trinajstić information content (AvgIpc) is 3.18. The summed E-state index contributed by atoms with van der Waals surface area (Å²) in [6, 6.07) is 4.82. The number of amides is 1. The Morgan fingerprint density at radius 2 is 1.89 bits per heavy atom. The van der Waals surface area contributed by atoms with Crippen LogP contribution in [0.5, 0.6) is 0 Å². The molecule has 0 bridgehead atoms. The van der Waals surface area contributed by atoms with Crippen LogP contribution in [0.25, 0.3) is 16.9 Å². The van der Waals surface area contributed by atoms with E-state index >= 15 is 0 Å². The van der Waals surface area contributed by atoms with Crippen molar-refractivity contribution in [2.45, 2.75) is 51.9 Å². The van der Waals surface area contributed by atoms with Crippen LogP contribution >= 0.6 is 0 Å². The smallest absolute Gasteiger partial charge is 0.418 e. The summed E-state index contributed by atoms with van der Waals surface area (Å²) in [4.78, 5) is 28.5. The summed E-state index contributed by atoms with van der Waals surface area (Å²) in [6.45, 7) is 9.69. The Kier molecular flexibility index (Phi) is 6.06. The number of rotatable bonds is 2. The molecule has 1 aliphatic rings. The molecule has 1 amide bonds. The molecular weight excluding hydrogens is 475 g/mol. The lowest BCUT2D eigenvalue weighted by Crippen LogP contribution is -2.61. The molecule has 12 heteroatoms. The number of alkyl halides is 3. The highest BCUT2D eigenvalue weighted by Gasteiger charge is 2.42. The zero-order valence-electron chi connectivity index (χ0n) is 20.6. The van der Waals surface area contributed by atoms with Gasteiger partial charge in [-0.3, -0.25) is 4.57 Å². The molecule has 190 valence electrons. The molecule has 0 spiro atoms. The molecule has 4 heterocycles. The summed E-state index contributed by atoms with van der Waals surface area (Å²) in [7, 11) is 0. The fourth-order valence-electron chi connectivity index (χ4n) is 4.29. The molecule has 0 unspecified atom stereocenters. The van der Waals surface area contributed by atoms with Crippen LogP contribution in [0.2, 0.25) is 0 Å². The van der Waals surface area contributed by atoms with Gasteiger partial charge in [0.25, 0.3) is 0 Å². The predicted molar refractivity (Wildman–Crippen MR) is 126 cm³/mol. The monoisotopic (exact) mass is 501 g/mol. The Labute approximate surface area is 206 Å². The second kappa shape index (κ2) is 8.65. The van der Waals surface area contributed by atoms with E-state index in [9.17, 15) is 23.2 Å². The van der Waals surface area contributed by atoms with Gasteiger partial charge in [0.1, 0.15) is 23.6 Å². The maximum atomic E-state index is 14.2. The molecule has 1 saturated heterocycles. The second-order valence-corrected chi connectivity index (χ2v) is 10.2. The van der Waals surface area contributed by atoms with Crippen LogP contribution in [0.15, 0.2) is 30.9 Å². The number of piperazine rings is 1. The Balaban J connectivity index is 1.81. The second-order valence-electron chi connectivity index (χ2n) is 10.2. The molecule has 0 aromatic carbocycles. The highest BCUT2D eigenvalue weighted by atomic mass is 19.4. The van der Waals surface area contributed by atoms with Crippen LogP contribution in [0, 0.1) is 11.3 Å². The van der Waals surface area contributed by atoms with Gasteiger partial charge in [-0.15, -0.1) is 0 Å². The number of fused-ring (bicyclic) bond motifs is 1. The zero-order chi connectivity index (χ0) is 26.5. The van der Waals surface area contributed by atoms with E-state index in [2.05, 4.69) is 15.0 Å². The maximum absolute atomic E-state index is 14.2. The van der Waals surface area contributed by atoms with Crippen molar-refractivity contribution in [2.24, 2.45) is 0 Å². The van der Waals surface area contributed by atoms with Crippen LogP contribution in [0.3, 0.4) is 0 Å². The molecule has 0 saturated carbocycles. The Hall–Kier alpha value is -3.88. The molecule has 0 radical (unpaired) electrons. The van der Waals surface area contributed by atoms with E-state index in [-0.39, 0.29) is 47.9 Å². The minimum Gasteiger partial charge on any atom is -0.444 e. The van der Waals surface area contributed by atoms with Crippen LogP contribution < -0.4 is 4.90 Å². The quantitative estimate of drug-likeness (QED) is 0.508. The maximum Gasteiger partial charge on any atom is 0.418 e. The highest BCUT2D eigenvalue weighted by molar-refractivity contribution is 5.93. The molecule has 1 aliphatic heterocycles. The third-order valence-electron chi connectivity index (χ3n) is 5.80. The SMILES string of the molecule is CC(C)(C)OC(=O)N1CCN(c2ncnc3c2c(C(F)(F)F)cn3-c2cc(C#N)ccn2)C(C)(C)C1. The van der Waals surface area contributed by atoms with Crippen molar-refractivity contribution in [3.8, 4) is 11.9 Å². The summed E-state index contributed by atoms with van der Waals surface area (Å²) in [5.41, 5.74) is -2.08. The highest BCUT2D eigenvalue weighted by Crippen LogP contribution is 2.41. The molecular formula is C24H26F3N7O2. The summed E-state index contributed by atoms with van der Waals surface area (Å²) in [6.07, 6.45) is -1.69. The first-order valence-corrected chi connectivity index (χ1v) is 11.3. The van der Waals surface area contributed by atoms with Crippen LogP contribution in [0.1, 0.15) is 45.7 Å². The van der Waals surface area contributed by atoms with E-state index in [1.165, 1.54) is 29.2 Å². The van der Waals surface area contributed by atoms with Crippen molar-refractivity contribution in [1.82, 2.24) is 24.4 Å². The van der Waals surface area contributed by atoms with Gasteiger partial charge in [0.2, 0.25) is 0 Å². The molecule has 36 heavy (non-hydrogen) atoms. The predicted octanol–water partition coefficient (Wildman–Crippen LogP) is 4.54. The zero-order valence-corrected chi connectivity index (χ0v) is 20.6. The standard InChI is InChI=1S/C24H26F3N7O2/c1-22(2,3)36-21(35)32-8-9-34(23(4,5)13-32)20-18-16(24(25,26)27)12-33(19(18)30-14-31-20)17-10-15(11-28)6-7-29-17/h6-7,10,12,14H,8-9,13H2,1-5H3. The number of carbonyl (C=O) groups excluding carboxylic acids is 1. The average molecular weight is 502 g/mol. The molecule has 4 rings (SSSR count). The van der Waals surface area contributed by atoms with Gasteiger partial charge in [-0.1, -0.05) is 0 Å². The van der Waals surface area contributed by atoms with Crippen molar-refractivity contribution in [3.05, 3.63) is 42.0 Å². The topological polar surface area (TPSA) is 100 Å². The number of hydrogen-bond acceptors (Lipinski definition) is 7. The van der Waals surface area contributed by atoms with Gasteiger partial charge in [0.15, 0.2) is 5.65 Å². The van der Waals surface area contributed by atoms with Gasteiger partial charge in [0, 0.05) is 32.0 Å². The van der Waals surface area contributed by atoms with E-state index in [1.54, 1.807) is 30.6 Å². The van der Waals surface area contributed by atoms with Crippen molar-refractivity contribution < 1.29 is 22.7 Å². The van der Waals surface area contributed by atoms with Crippen molar-refractivity contribution in [2.75, 3.05) is 24.5 Å². The number of anilines is 1. The largest absolute Gasteiger partial charge is 0.444 e. The van der Waals surface area contributed by atoms with E-state index < -0.39 is 29.0 Å². The van der Waals surface area contributed by atoms with E-state index in [4.69, 9.17) is 4.74 Å². The molecule has 0 aliphatic carbocycles. The lowest BCUT2D eigenvalue weighted by Gasteiger charge is -2.47. The van der Waals surface area contributed by atoms with Gasteiger partial charge in [-0.25, -0.2) is 19.7 Å². The van der Waals surface area contributed by atoms with Gasteiger partial charge in [-0.05, 0) is 46.8 Å². The lowest BCUT2D eigenvalue weighted by molar-refractivity contribution is -0.136. The summed E-state index contributed by atoms with van der Waals surface area (Å²) in [5.74, 6) is 0.240. The number of carbonyl (C=O) groups is 1. The summed E-state index contributed by atoms with van der Waals surface area (Å²) in [5, 5.41) is 9.04. The summed E-state index contributed by atoms with van der Waals surface area (Å²) >= 11 is 0. The first-order valence-electron chi connectivity index (χ1n) is 11.3. The lowest BCUT2D eigenvalue weighted by atomic mass is 9.98. The Bertz CT molecular complexity index is 1350. The molecule has 1 fully saturated rings. The minimum atomic E-state index is -4.70. The molecule has 0 atom stereocenters. The van der Waals surface area contributed by atoms with Gasteiger partial charge >= 0.3 is 12.3 Å². The number of aromatic nitrogens is 4. The Morgan fingerprint density at radius 1 is 1.17 bits per heavy atom. The molecule has 3 aromatic heterocycles. The summed E-state index contributed by atoms with van der Waals surface area (Å²) < 4.78 is 49.4. The van der Waals surface area contributed by atoms with Crippen molar-refractivity contribution in [1.29, 1.82) is 5.26 Å². The number of hydrogen-bond donors (Lipinski definition) is 0. The first kappa shape index (κ1) is 25.2. The normalized spacial score (nSPS) is 16.2. The van der Waals surface area contributed by atoms with E-state index in [0.717, 1.165) is 6.20 Å². The fourth-order valence-corrected chi connectivity index (χ4v) is 4.29. The van der Waals surface area contributed by atoms with Gasteiger partial charge in [0.05, 0.1) is 28.1 Å². The number of nitriles is 1. The fraction of sp³-hybridized carbons (Fsp3) is 0.458. The van der Waals surface area contributed by atoms with E-state index in [0.29, 0.717) is 0 Å². The number of nitrogens with zero attached hydrogens (tertiary/aromatic N) is 7. The van der Waals surface area contributed by atoms with Gasteiger partial charge < -0.3 is 14.5 Å². The van der Waals surface area contributed by atoms with Crippen LogP contribution in [0.4, 0.5) is 23.8 Å². The number of ether oxygens (including phenoxy) is 1. The van der Waals surface area contributed by atoms with Gasteiger partial charge in [-0.2, -0.15) is 18.4 Å². The number of pyridine rings is 1. The van der Waals surface area contributed by atoms with Crippen LogP contribution in [-0.4, -0.2) is 61.3 Å². The Morgan fingerprint density at radius 3 is 2.50 bits per heavy atom. The minimum absolute atomic E-state index is 0.0142. The molecule has 3 aromatic rings. The van der Waals surface area contributed by atoms with E-state index in [1.807, 2.05) is 19.9 Å². The van der Waals surface area contributed by atoms with Crippen molar-refractivity contribution in [3.63, 3.8) is 0 Å². The van der Waals surface area contributed by atoms with Crippen molar-refractivity contribution >= 4 is 22.9 Å². The number of halogens is 3. The third-order valence-corrected chi connectivity index (χ3v) is 5.80. The third kappa shape index (κ3) is 4.78.